The van der Waals surface area contributed by atoms with E-state index in [2.05, 4.69) is 31.0 Å². The van der Waals surface area contributed by atoms with E-state index in [-0.39, 0.29) is 0 Å². The van der Waals surface area contributed by atoms with Crippen molar-refractivity contribution in [2.24, 2.45) is 7.05 Å². The third kappa shape index (κ3) is 2.81. The lowest BCUT2D eigenvalue weighted by molar-refractivity contribution is 0.777. The highest BCUT2D eigenvalue weighted by atomic mass is 79.9. The highest BCUT2D eigenvalue weighted by Crippen LogP contribution is 2.32. The predicted octanol–water partition coefficient (Wildman–Crippen LogP) is 4.61. The van der Waals surface area contributed by atoms with Crippen LogP contribution in [0.25, 0.3) is 22.8 Å². The maximum absolute atomic E-state index is 6.15. The summed E-state index contributed by atoms with van der Waals surface area (Å²) in [5, 5.41) is 5.25. The number of halogens is 3. The quantitative estimate of drug-likeness (QED) is 0.648. The van der Waals surface area contributed by atoms with Crippen molar-refractivity contribution >= 4 is 39.1 Å². The molecular weight excluding hydrogens is 375 g/mol. The topological polar surface area (TPSA) is 43.6 Å². The Labute approximate surface area is 139 Å². The molecule has 0 N–H and O–H groups in total. The van der Waals surface area contributed by atoms with Gasteiger partial charge in [-0.25, -0.2) is 9.67 Å². The van der Waals surface area contributed by atoms with E-state index in [1.54, 1.807) is 4.68 Å². The summed E-state index contributed by atoms with van der Waals surface area (Å²) in [5.41, 5.74) is 1.55. The standard InChI is InChI=1S/C14H9BrCl2N4/c1-21-14(8-2-4-9(15)5-3-8)19-13(20-21)12-10(16)6-18-7-11(12)17/h2-7H,1H3. The number of rotatable bonds is 2. The molecule has 3 rings (SSSR count). The smallest absolute Gasteiger partial charge is 0.184 e. The molecule has 0 saturated carbocycles. The Morgan fingerprint density at radius 1 is 1.05 bits per heavy atom. The zero-order valence-electron chi connectivity index (χ0n) is 10.9. The Hall–Kier alpha value is -1.43. The van der Waals surface area contributed by atoms with E-state index in [4.69, 9.17) is 23.2 Å². The average Bonchev–Trinajstić information content (AvgIpc) is 2.81. The summed E-state index contributed by atoms with van der Waals surface area (Å²) in [7, 11) is 1.83. The van der Waals surface area contributed by atoms with E-state index in [0.29, 0.717) is 21.4 Å². The van der Waals surface area contributed by atoms with Gasteiger partial charge in [-0.15, -0.1) is 0 Å². The molecule has 0 aliphatic heterocycles. The highest BCUT2D eigenvalue weighted by molar-refractivity contribution is 9.10. The molecule has 0 fully saturated rings. The van der Waals surface area contributed by atoms with Crippen molar-refractivity contribution in [3.63, 3.8) is 0 Å². The summed E-state index contributed by atoms with van der Waals surface area (Å²) in [5.74, 6) is 1.22. The van der Waals surface area contributed by atoms with Crippen molar-refractivity contribution in [3.05, 3.63) is 51.2 Å². The monoisotopic (exact) mass is 382 g/mol. The molecule has 0 spiro atoms. The summed E-state index contributed by atoms with van der Waals surface area (Å²) in [4.78, 5) is 8.48. The van der Waals surface area contributed by atoms with Crippen LogP contribution in [0, 0.1) is 0 Å². The fourth-order valence-corrected chi connectivity index (χ4v) is 2.76. The maximum atomic E-state index is 6.15. The Morgan fingerprint density at radius 3 is 2.29 bits per heavy atom. The average molecular weight is 384 g/mol. The molecule has 106 valence electrons. The Morgan fingerprint density at radius 2 is 1.67 bits per heavy atom. The lowest BCUT2D eigenvalue weighted by Crippen LogP contribution is -1.94. The van der Waals surface area contributed by atoms with Crippen LogP contribution in [-0.4, -0.2) is 19.7 Å². The maximum Gasteiger partial charge on any atom is 0.184 e. The second-order valence-corrected chi connectivity index (χ2v) is 6.10. The number of aromatic nitrogens is 4. The number of aryl methyl sites for hydroxylation is 1. The minimum Gasteiger partial charge on any atom is -0.262 e. The molecule has 3 aromatic rings. The van der Waals surface area contributed by atoms with Crippen LogP contribution in [0.5, 0.6) is 0 Å². The van der Waals surface area contributed by atoms with Gasteiger partial charge in [0, 0.05) is 29.5 Å². The van der Waals surface area contributed by atoms with Gasteiger partial charge in [0.2, 0.25) is 0 Å². The van der Waals surface area contributed by atoms with E-state index < -0.39 is 0 Å². The largest absolute Gasteiger partial charge is 0.262 e. The van der Waals surface area contributed by atoms with Crippen LogP contribution < -0.4 is 0 Å². The molecule has 2 heterocycles. The molecule has 0 bridgehead atoms. The highest BCUT2D eigenvalue weighted by Gasteiger charge is 2.16. The van der Waals surface area contributed by atoms with Crippen LogP contribution in [0.3, 0.4) is 0 Å². The van der Waals surface area contributed by atoms with E-state index in [1.807, 2.05) is 31.3 Å². The fraction of sp³-hybridized carbons (Fsp3) is 0.0714. The molecule has 0 unspecified atom stereocenters. The molecule has 0 aliphatic rings. The Kier molecular flexibility index (Phi) is 3.97. The first-order chi connectivity index (χ1) is 10.1. The van der Waals surface area contributed by atoms with Crippen LogP contribution >= 0.6 is 39.1 Å². The van der Waals surface area contributed by atoms with E-state index in [0.717, 1.165) is 15.9 Å². The molecule has 0 saturated heterocycles. The van der Waals surface area contributed by atoms with Crippen molar-refractivity contribution in [1.82, 2.24) is 19.7 Å². The van der Waals surface area contributed by atoms with Crippen molar-refractivity contribution in [2.75, 3.05) is 0 Å². The van der Waals surface area contributed by atoms with Gasteiger partial charge in [-0.05, 0) is 12.1 Å². The van der Waals surface area contributed by atoms with Gasteiger partial charge in [0.1, 0.15) is 0 Å². The van der Waals surface area contributed by atoms with Crippen molar-refractivity contribution < 1.29 is 0 Å². The zero-order chi connectivity index (χ0) is 15.0. The molecule has 0 amide bonds. The first-order valence-electron chi connectivity index (χ1n) is 6.02. The summed E-state index contributed by atoms with van der Waals surface area (Å²) in [6, 6.07) is 7.84. The van der Waals surface area contributed by atoms with E-state index in [9.17, 15) is 0 Å². The van der Waals surface area contributed by atoms with Gasteiger partial charge in [0.25, 0.3) is 0 Å². The number of benzene rings is 1. The van der Waals surface area contributed by atoms with Gasteiger partial charge < -0.3 is 0 Å². The number of hydrogen-bond donors (Lipinski definition) is 0. The molecule has 1 aromatic carbocycles. The number of pyridine rings is 1. The van der Waals surface area contributed by atoms with E-state index in [1.165, 1.54) is 12.4 Å². The summed E-state index contributed by atoms with van der Waals surface area (Å²) in [6.07, 6.45) is 3.05. The van der Waals surface area contributed by atoms with Gasteiger partial charge in [-0.2, -0.15) is 5.10 Å². The lowest BCUT2D eigenvalue weighted by Gasteiger charge is -2.00. The van der Waals surface area contributed by atoms with Crippen molar-refractivity contribution in [1.29, 1.82) is 0 Å². The lowest BCUT2D eigenvalue weighted by atomic mass is 10.2. The third-order valence-electron chi connectivity index (χ3n) is 2.94. The molecule has 2 aromatic heterocycles. The Balaban J connectivity index is 2.12. The Bertz CT molecular complexity index is 779. The van der Waals surface area contributed by atoms with Crippen molar-refractivity contribution in [2.45, 2.75) is 0 Å². The van der Waals surface area contributed by atoms with Crippen LogP contribution in [0.1, 0.15) is 0 Å². The van der Waals surface area contributed by atoms with E-state index >= 15 is 0 Å². The molecule has 4 nitrogen and oxygen atoms in total. The minimum absolute atomic E-state index is 0.426. The van der Waals surface area contributed by atoms with Crippen molar-refractivity contribution in [3.8, 4) is 22.8 Å². The van der Waals surface area contributed by atoms with Gasteiger partial charge in [0.15, 0.2) is 11.6 Å². The van der Waals surface area contributed by atoms with Gasteiger partial charge in [-0.1, -0.05) is 51.3 Å². The van der Waals surface area contributed by atoms with Gasteiger partial charge in [0.05, 0.1) is 15.6 Å². The normalized spacial score (nSPS) is 10.9. The molecule has 0 radical (unpaired) electrons. The molecule has 21 heavy (non-hydrogen) atoms. The number of hydrogen-bond acceptors (Lipinski definition) is 3. The SMILES string of the molecule is Cn1nc(-c2c(Cl)cncc2Cl)nc1-c1ccc(Br)cc1. The number of nitrogens with zero attached hydrogens (tertiary/aromatic N) is 4. The molecule has 0 atom stereocenters. The summed E-state index contributed by atoms with van der Waals surface area (Å²) >= 11 is 15.7. The fourth-order valence-electron chi connectivity index (χ4n) is 1.97. The summed E-state index contributed by atoms with van der Waals surface area (Å²) in [6.45, 7) is 0. The van der Waals surface area contributed by atoms with Gasteiger partial charge >= 0.3 is 0 Å². The van der Waals surface area contributed by atoms with Gasteiger partial charge in [-0.3, -0.25) is 4.98 Å². The van der Waals surface area contributed by atoms with Crippen LogP contribution in [-0.2, 0) is 7.05 Å². The second-order valence-electron chi connectivity index (χ2n) is 4.37. The predicted molar refractivity (Wildman–Crippen MR) is 87.4 cm³/mol. The molecule has 7 heteroatoms. The molecular formula is C14H9BrCl2N4. The summed E-state index contributed by atoms with van der Waals surface area (Å²) < 4.78 is 2.71. The first kappa shape index (κ1) is 14.5. The van der Waals surface area contributed by atoms with Crippen LogP contribution in [0.15, 0.2) is 41.1 Å². The second kappa shape index (κ2) is 5.75. The zero-order valence-corrected chi connectivity index (χ0v) is 14.0. The minimum atomic E-state index is 0.426. The first-order valence-corrected chi connectivity index (χ1v) is 7.57. The molecule has 0 aliphatic carbocycles. The van der Waals surface area contributed by atoms with Crippen LogP contribution in [0.4, 0.5) is 0 Å². The third-order valence-corrected chi connectivity index (χ3v) is 4.04. The van der Waals surface area contributed by atoms with Crippen LogP contribution in [0.2, 0.25) is 10.0 Å².